The van der Waals surface area contributed by atoms with Crippen molar-refractivity contribution in [3.05, 3.63) is 0 Å². The fourth-order valence-corrected chi connectivity index (χ4v) is 2.65. The maximum atomic E-state index is 10.6. The predicted octanol–water partition coefficient (Wildman–Crippen LogP) is 3.94. The Morgan fingerprint density at radius 3 is 2.11 bits per heavy atom. The van der Waals surface area contributed by atoms with Crippen molar-refractivity contribution in [2.45, 2.75) is 72.1 Å². The summed E-state index contributed by atoms with van der Waals surface area (Å²) in [4.78, 5) is 21.0. The molecule has 0 amide bonds. The van der Waals surface area contributed by atoms with Crippen LogP contribution in [0.4, 0.5) is 0 Å². The lowest BCUT2D eigenvalue weighted by Gasteiger charge is -2.27. The van der Waals surface area contributed by atoms with E-state index in [0.717, 1.165) is 38.5 Å². The molecule has 19 heavy (non-hydrogen) atoms. The number of carboxylic acids is 2. The Kier molecular flexibility index (Phi) is 8.44. The molecule has 0 aromatic heterocycles. The third kappa shape index (κ3) is 11.7. The third-order valence-electron chi connectivity index (χ3n) is 3.42. The molecule has 0 saturated heterocycles. The van der Waals surface area contributed by atoms with Crippen molar-refractivity contribution in [3.8, 4) is 0 Å². The highest BCUT2D eigenvalue weighted by molar-refractivity contribution is 5.67. The summed E-state index contributed by atoms with van der Waals surface area (Å²) in [5.41, 5.74) is 0.168. The standard InChI is InChI=1S/C15H28O4/c1-12(10-14(18)19)11-15(2,3)9-7-5-4-6-8-13(16)17/h12H,4-11H2,1-3H3,(H,16,17)(H,18,19). The van der Waals surface area contributed by atoms with Crippen molar-refractivity contribution < 1.29 is 19.8 Å². The summed E-state index contributed by atoms with van der Waals surface area (Å²) in [6.07, 6.45) is 6.37. The van der Waals surface area contributed by atoms with Gasteiger partial charge in [-0.05, 0) is 30.6 Å². The van der Waals surface area contributed by atoms with Crippen LogP contribution in [0.25, 0.3) is 0 Å². The number of carbonyl (C=O) groups is 2. The van der Waals surface area contributed by atoms with Gasteiger partial charge in [0.25, 0.3) is 0 Å². The molecule has 0 heterocycles. The van der Waals surface area contributed by atoms with Gasteiger partial charge >= 0.3 is 11.9 Å². The average molecular weight is 272 g/mol. The van der Waals surface area contributed by atoms with Gasteiger partial charge in [-0.1, -0.05) is 40.0 Å². The topological polar surface area (TPSA) is 74.6 Å². The van der Waals surface area contributed by atoms with Gasteiger partial charge < -0.3 is 10.2 Å². The van der Waals surface area contributed by atoms with Gasteiger partial charge in [-0.3, -0.25) is 9.59 Å². The summed E-state index contributed by atoms with van der Waals surface area (Å²) in [6.45, 7) is 6.36. The smallest absolute Gasteiger partial charge is 0.303 e. The van der Waals surface area contributed by atoms with E-state index in [1.54, 1.807) is 0 Å². The van der Waals surface area contributed by atoms with Gasteiger partial charge in [0.2, 0.25) is 0 Å². The predicted molar refractivity (Wildman–Crippen MR) is 75.2 cm³/mol. The van der Waals surface area contributed by atoms with Crippen molar-refractivity contribution in [1.29, 1.82) is 0 Å². The molecule has 0 aromatic rings. The first-order valence-corrected chi connectivity index (χ1v) is 7.16. The van der Waals surface area contributed by atoms with Gasteiger partial charge in [-0.15, -0.1) is 0 Å². The van der Waals surface area contributed by atoms with Crippen LogP contribution in [0.3, 0.4) is 0 Å². The lowest BCUT2D eigenvalue weighted by Crippen LogP contribution is -2.17. The Morgan fingerprint density at radius 2 is 1.58 bits per heavy atom. The van der Waals surface area contributed by atoms with Crippen molar-refractivity contribution in [3.63, 3.8) is 0 Å². The normalized spacial score (nSPS) is 13.2. The van der Waals surface area contributed by atoms with E-state index in [1.165, 1.54) is 0 Å². The van der Waals surface area contributed by atoms with Crippen molar-refractivity contribution >= 4 is 11.9 Å². The molecule has 0 radical (unpaired) electrons. The average Bonchev–Trinajstić information content (AvgIpc) is 2.20. The largest absolute Gasteiger partial charge is 0.481 e. The monoisotopic (exact) mass is 272 g/mol. The first-order valence-electron chi connectivity index (χ1n) is 7.16. The molecule has 0 saturated carbocycles. The molecule has 2 N–H and O–H groups in total. The van der Waals surface area contributed by atoms with E-state index in [1.807, 2.05) is 6.92 Å². The van der Waals surface area contributed by atoms with Crippen LogP contribution in [0.1, 0.15) is 72.1 Å². The Labute approximate surface area is 116 Å². The van der Waals surface area contributed by atoms with Crippen LogP contribution < -0.4 is 0 Å². The number of rotatable bonds is 11. The summed E-state index contributed by atoms with van der Waals surface area (Å²) >= 11 is 0. The summed E-state index contributed by atoms with van der Waals surface area (Å²) in [6, 6.07) is 0. The first kappa shape index (κ1) is 17.9. The Morgan fingerprint density at radius 1 is 1.00 bits per heavy atom. The highest BCUT2D eigenvalue weighted by Gasteiger charge is 2.21. The van der Waals surface area contributed by atoms with Crippen LogP contribution >= 0.6 is 0 Å². The molecule has 1 atom stereocenters. The molecule has 0 aromatic carbocycles. The van der Waals surface area contributed by atoms with Crippen LogP contribution in [-0.2, 0) is 9.59 Å². The second kappa shape index (κ2) is 8.94. The zero-order valence-electron chi connectivity index (χ0n) is 12.4. The molecule has 0 rings (SSSR count). The minimum absolute atomic E-state index is 0.168. The molecule has 0 fully saturated rings. The van der Waals surface area contributed by atoms with Crippen LogP contribution in [0, 0.1) is 11.3 Å². The Hall–Kier alpha value is -1.06. The lowest BCUT2D eigenvalue weighted by atomic mass is 9.78. The van der Waals surface area contributed by atoms with Crippen LogP contribution in [0.2, 0.25) is 0 Å². The first-order chi connectivity index (χ1) is 8.73. The number of aliphatic carboxylic acids is 2. The second-order valence-corrected chi connectivity index (χ2v) is 6.38. The molecule has 0 aliphatic heterocycles. The SMILES string of the molecule is CC(CC(=O)O)CC(C)(C)CCCCCCC(=O)O. The van der Waals surface area contributed by atoms with Crippen LogP contribution in [-0.4, -0.2) is 22.2 Å². The number of unbranched alkanes of at least 4 members (excludes halogenated alkanes) is 3. The molecule has 0 aliphatic rings. The van der Waals surface area contributed by atoms with E-state index >= 15 is 0 Å². The van der Waals surface area contributed by atoms with E-state index in [0.29, 0.717) is 0 Å². The molecule has 4 heteroatoms. The molecule has 0 bridgehead atoms. The third-order valence-corrected chi connectivity index (χ3v) is 3.42. The number of carboxylic acid groups (broad SMARTS) is 2. The fourth-order valence-electron chi connectivity index (χ4n) is 2.65. The summed E-state index contributed by atoms with van der Waals surface area (Å²) in [5.74, 6) is -1.24. The van der Waals surface area contributed by atoms with Gasteiger partial charge in [0, 0.05) is 12.8 Å². The number of hydrogen-bond acceptors (Lipinski definition) is 2. The van der Waals surface area contributed by atoms with Gasteiger partial charge in [-0.25, -0.2) is 0 Å². The highest BCUT2D eigenvalue weighted by Crippen LogP contribution is 2.32. The molecule has 112 valence electrons. The van der Waals surface area contributed by atoms with Gasteiger partial charge in [0.05, 0.1) is 0 Å². The van der Waals surface area contributed by atoms with E-state index < -0.39 is 11.9 Å². The minimum Gasteiger partial charge on any atom is -0.481 e. The number of hydrogen-bond donors (Lipinski definition) is 2. The van der Waals surface area contributed by atoms with Crippen molar-refractivity contribution in [2.75, 3.05) is 0 Å². The zero-order chi connectivity index (χ0) is 14.9. The maximum Gasteiger partial charge on any atom is 0.303 e. The van der Waals surface area contributed by atoms with E-state index in [2.05, 4.69) is 13.8 Å². The Balaban J connectivity index is 3.72. The zero-order valence-corrected chi connectivity index (χ0v) is 12.4. The van der Waals surface area contributed by atoms with E-state index in [-0.39, 0.29) is 24.2 Å². The Bertz CT molecular complexity index is 284. The van der Waals surface area contributed by atoms with E-state index in [4.69, 9.17) is 10.2 Å². The lowest BCUT2D eigenvalue weighted by molar-refractivity contribution is -0.138. The summed E-state index contributed by atoms with van der Waals surface area (Å²) in [5, 5.41) is 17.3. The minimum atomic E-state index is -0.725. The van der Waals surface area contributed by atoms with Gasteiger partial charge in [0.1, 0.15) is 0 Å². The summed E-state index contributed by atoms with van der Waals surface area (Å²) < 4.78 is 0. The van der Waals surface area contributed by atoms with Crippen molar-refractivity contribution in [1.82, 2.24) is 0 Å². The molecule has 4 nitrogen and oxygen atoms in total. The molecular formula is C15H28O4. The van der Waals surface area contributed by atoms with Gasteiger partial charge in [0.15, 0.2) is 0 Å². The molecule has 1 unspecified atom stereocenters. The maximum absolute atomic E-state index is 10.6. The molecule has 0 aliphatic carbocycles. The fraction of sp³-hybridized carbons (Fsp3) is 0.867. The second-order valence-electron chi connectivity index (χ2n) is 6.38. The molecule has 0 spiro atoms. The highest BCUT2D eigenvalue weighted by atomic mass is 16.4. The summed E-state index contributed by atoms with van der Waals surface area (Å²) in [7, 11) is 0. The van der Waals surface area contributed by atoms with Gasteiger partial charge in [-0.2, -0.15) is 0 Å². The van der Waals surface area contributed by atoms with Crippen LogP contribution in [0.15, 0.2) is 0 Å². The molecular weight excluding hydrogens is 244 g/mol. The quantitative estimate of drug-likeness (QED) is 0.559. The van der Waals surface area contributed by atoms with Crippen LogP contribution in [0.5, 0.6) is 0 Å². The van der Waals surface area contributed by atoms with E-state index in [9.17, 15) is 9.59 Å². The van der Waals surface area contributed by atoms with Crippen molar-refractivity contribution in [2.24, 2.45) is 11.3 Å².